The minimum absolute atomic E-state index is 0.0201. The van der Waals surface area contributed by atoms with Crippen LogP contribution in [0.1, 0.15) is 16.8 Å². The van der Waals surface area contributed by atoms with E-state index in [1.807, 2.05) is 0 Å². The van der Waals surface area contributed by atoms with E-state index in [1.54, 1.807) is 0 Å². The first kappa shape index (κ1) is 13.0. The second-order valence-electron chi connectivity index (χ2n) is 3.42. The van der Waals surface area contributed by atoms with Crippen LogP contribution < -0.4 is 5.32 Å². The first-order valence-electron chi connectivity index (χ1n) is 4.98. The van der Waals surface area contributed by atoms with Crippen LogP contribution >= 0.6 is 0 Å². The van der Waals surface area contributed by atoms with Crippen LogP contribution in [0.25, 0.3) is 0 Å². The van der Waals surface area contributed by atoms with E-state index in [-0.39, 0.29) is 24.3 Å². The smallest absolute Gasteiger partial charge is 0.326 e. The van der Waals surface area contributed by atoms with Crippen molar-refractivity contribution in [1.82, 2.24) is 5.32 Å². The Hall–Kier alpha value is -2.08. The number of rotatable bonds is 5. The fraction of sp³-hybridized carbons (Fsp3) is 0.273. The lowest BCUT2D eigenvalue weighted by Crippen LogP contribution is -2.41. The van der Waals surface area contributed by atoms with Gasteiger partial charge in [-0.25, -0.2) is 4.79 Å². The normalized spacial score (nSPS) is 11.8. The van der Waals surface area contributed by atoms with Gasteiger partial charge in [-0.1, -0.05) is 0 Å². The number of aliphatic hydroxyl groups excluding tert-OH is 1. The summed E-state index contributed by atoms with van der Waals surface area (Å²) in [6.07, 6.45) is -0.0564. The van der Waals surface area contributed by atoms with Crippen LogP contribution in [-0.4, -0.2) is 39.8 Å². The third kappa shape index (κ3) is 3.76. The summed E-state index contributed by atoms with van der Waals surface area (Å²) >= 11 is 0. The number of hydrogen-bond donors (Lipinski definition) is 4. The lowest BCUT2D eigenvalue weighted by atomic mass is 10.1. The third-order valence-corrected chi connectivity index (χ3v) is 2.15. The van der Waals surface area contributed by atoms with E-state index in [4.69, 9.17) is 15.3 Å². The zero-order chi connectivity index (χ0) is 12.8. The molecule has 17 heavy (non-hydrogen) atoms. The average molecular weight is 239 g/mol. The highest BCUT2D eigenvalue weighted by Crippen LogP contribution is 2.09. The van der Waals surface area contributed by atoms with Crippen molar-refractivity contribution < 1.29 is 24.9 Å². The number of amides is 1. The highest BCUT2D eigenvalue weighted by molar-refractivity contribution is 5.96. The number of nitrogens with one attached hydrogen (secondary N) is 1. The molecule has 1 unspecified atom stereocenters. The van der Waals surface area contributed by atoms with Crippen molar-refractivity contribution >= 4 is 11.9 Å². The van der Waals surface area contributed by atoms with Gasteiger partial charge in [0, 0.05) is 18.6 Å². The number of aromatic hydroxyl groups is 1. The van der Waals surface area contributed by atoms with Crippen LogP contribution in [0.15, 0.2) is 24.3 Å². The Morgan fingerprint density at radius 1 is 1.24 bits per heavy atom. The number of carbonyl (C=O) groups excluding carboxylic acids is 1. The summed E-state index contributed by atoms with van der Waals surface area (Å²) in [7, 11) is 0. The predicted molar refractivity (Wildman–Crippen MR) is 58.7 cm³/mol. The van der Waals surface area contributed by atoms with Crippen LogP contribution in [0, 0.1) is 0 Å². The lowest BCUT2D eigenvalue weighted by molar-refractivity contribution is -0.139. The van der Waals surface area contributed by atoms with E-state index in [0.29, 0.717) is 0 Å². The van der Waals surface area contributed by atoms with Crippen LogP contribution in [0.5, 0.6) is 5.75 Å². The number of phenolic OH excluding ortho intramolecular Hbond substituents is 1. The Balaban J connectivity index is 2.70. The summed E-state index contributed by atoms with van der Waals surface area (Å²) in [6.45, 7) is -0.327. The standard InChI is InChI=1S/C11H13NO5/c13-6-5-9(11(16)17)12-10(15)7-1-3-8(14)4-2-7/h1-4,9,13-14H,5-6H2,(H,12,15)(H,16,17). The predicted octanol–water partition coefficient (Wildman–Crippen LogP) is -0.0424. The molecule has 6 nitrogen and oxygen atoms in total. The van der Waals surface area contributed by atoms with E-state index >= 15 is 0 Å². The molecule has 0 heterocycles. The second-order valence-corrected chi connectivity index (χ2v) is 3.42. The molecule has 1 amide bonds. The minimum Gasteiger partial charge on any atom is -0.508 e. The third-order valence-electron chi connectivity index (χ3n) is 2.15. The van der Waals surface area contributed by atoms with Gasteiger partial charge in [0.1, 0.15) is 11.8 Å². The number of hydrogen-bond acceptors (Lipinski definition) is 4. The number of aliphatic carboxylic acids is 1. The molecule has 0 bridgehead atoms. The number of carboxylic acid groups (broad SMARTS) is 1. The van der Waals surface area contributed by atoms with Crippen LogP contribution in [0.4, 0.5) is 0 Å². The molecule has 1 atom stereocenters. The molecule has 4 N–H and O–H groups in total. The van der Waals surface area contributed by atoms with Gasteiger partial charge in [-0.3, -0.25) is 4.79 Å². The van der Waals surface area contributed by atoms with Crippen molar-refractivity contribution in [2.24, 2.45) is 0 Å². The molecular weight excluding hydrogens is 226 g/mol. The Bertz CT molecular complexity index is 401. The van der Waals surface area contributed by atoms with Gasteiger partial charge in [-0.05, 0) is 24.3 Å². The molecule has 0 saturated heterocycles. The molecule has 92 valence electrons. The molecule has 0 aliphatic heterocycles. The topological polar surface area (TPSA) is 107 Å². The van der Waals surface area contributed by atoms with Crippen LogP contribution in [0.2, 0.25) is 0 Å². The average Bonchev–Trinajstić information content (AvgIpc) is 2.29. The SMILES string of the molecule is O=C(NC(CCO)C(=O)O)c1ccc(O)cc1. The van der Waals surface area contributed by atoms with Crippen molar-refractivity contribution in [2.45, 2.75) is 12.5 Å². The van der Waals surface area contributed by atoms with Gasteiger partial charge in [0.25, 0.3) is 5.91 Å². The lowest BCUT2D eigenvalue weighted by Gasteiger charge is -2.13. The Labute approximate surface area is 97.5 Å². The van der Waals surface area contributed by atoms with E-state index in [9.17, 15) is 9.59 Å². The number of aliphatic hydroxyl groups is 1. The summed E-state index contributed by atoms with van der Waals surface area (Å²) in [5.74, 6) is -1.75. The molecule has 0 aliphatic rings. The van der Waals surface area contributed by atoms with Crippen molar-refractivity contribution in [2.75, 3.05) is 6.61 Å². The van der Waals surface area contributed by atoms with E-state index in [0.717, 1.165) is 0 Å². The summed E-state index contributed by atoms with van der Waals surface area (Å²) in [5.41, 5.74) is 0.243. The zero-order valence-corrected chi connectivity index (χ0v) is 8.96. The molecule has 0 radical (unpaired) electrons. The van der Waals surface area contributed by atoms with E-state index in [2.05, 4.69) is 5.32 Å². The summed E-state index contributed by atoms with van der Waals surface area (Å²) in [4.78, 5) is 22.4. The van der Waals surface area contributed by atoms with Gasteiger partial charge < -0.3 is 20.6 Å². The van der Waals surface area contributed by atoms with Crippen molar-refractivity contribution in [1.29, 1.82) is 0 Å². The maximum absolute atomic E-state index is 11.6. The van der Waals surface area contributed by atoms with Gasteiger partial charge in [0.15, 0.2) is 0 Å². The summed E-state index contributed by atoms with van der Waals surface area (Å²) < 4.78 is 0. The number of benzene rings is 1. The zero-order valence-electron chi connectivity index (χ0n) is 8.96. The molecule has 0 aromatic heterocycles. The van der Waals surface area contributed by atoms with Crippen LogP contribution in [0.3, 0.4) is 0 Å². The monoisotopic (exact) mass is 239 g/mol. The first-order chi connectivity index (χ1) is 8.04. The molecular formula is C11H13NO5. The number of carbonyl (C=O) groups is 2. The Morgan fingerprint density at radius 3 is 2.29 bits per heavy atom. The second kappa shape index (κ2) is 5.86. The molecule has 0 spiro atoms. The first-order valence-corrected chi connectivity index (χ1v) is 4.98. The van der Waals surface area contributed by atoms with Crippen molar-refractivity contribution in [3.63, 3.8) is 0 Å². The highest BCUT2D eigenvalue weighted by Gasteiger charge is 2.19. The van der Waals surface area contributed by atoms with Gasteiger partial charge >= 0.3 is 5.97 Å². The molecule has 6 heteroatoms. The van der Waals surface area contributed by atoms with Gasteiger partial charge in [-0.15, -0.1) is 0 Å². The van der Waals surface area contributed by atoms with Gasteiger partial charge in [-0.2, -0.15) is 0 Å². The maximum Gasteiger partial charge on any atom is 0.326 e. The molecule has 0 aliphatic carbocycles. The minimum atomic E-state index is -1.20. The maximum atomic E-state index is 11.6. The van der Waals surface area contributed by atoms with Crippen molar-refractivity contribution in [3.05, 3.63) is 29.8 Å². The molecule has 1 rings (SSSR count). The fourth-order valence-electron chi connectivity index (χ4n) is 1.24. The van der Waals surface area contributed by atoms with E-state index < -0.39 is 17.9 Å². The van der Waals surface area contributed by atoms with E-state index in [1.165, 1.54) is 24.3 Å². The number of carboxylic acids is 1. The largest absolute Gasteiger partial charge is 0.508 e. The molecule has 0 fully saturated rings. The molecule has 1 aromatic rings. The quantitative estimate of drug-likeness (QED) is 0.576. The molecule has 1 aromatic carbocycles. The van der Waals surface area contributed by atoms with Crippen LogP contribution in [-0.2, 0) is 4.79 Å². The molecule has 0 saturated carbocycles. The number of phenols is 1. The highest BCUT2D eigenvalue weighted by atomic mass is 16.4. The summed E-state index contributed by atoms with van der Waals surface area (Å²) in [6, 6.07) is 4.29. The summed E-state index contributed by atoms with van der Waals surface area (Å²) in [5, 5.41) is 28.7. The fourth-order valence-corrected chi connectivity index (χ4v) is 1.24. The van der Waals surface area contributed by atoms with Gasteiger partial charge in [0.2, 0.25) is 0 Å². The Morgan fingerprint density at radius 2 is 1.82 bits per heavy atom. The Kier molecular flexibility index (Phi) is 4.47. The van der Waals surface area contributed by atoms with Gasteiger partial charge in [0.05, 0.1) is 0 Å². The van der Waals surface area contributed by atoms with Crippen molar-refractivity contribution in [3.8, 4) is 5.75 Å².